The largest absolute Gasteiger partial charge is 0.342 e. The smallest absolute Gasteiger partial charge is 0.120 e. The third-order valence-corrected chi connectivity index (χ3v) is 3.55. The summed E-state index contributed by atoms with van der Waals surface area (Å²) in [7, 11) is 1.89. The minimum absolute atomic E-state index is 0.696. The zero-order chi connectivity index (χ0) is 13.0. The Labute approximate surface area is 111 Å². The molecular formula is C13H16N4S. The Morgan fingerprint density at radius 1 is 1.56 bits per heavy atom. The van der Waals surface area contributed by atoms with E-state index < -0.39 is 0 Å². The van der Waals surface area contributed by atoms with Gasteiger partial charge in [0.1, 0.15) is 11.8 Å². The molecule has 0 amide bonds. The molecule has 0 saturated carbocycles. The first-order chi connectivity index (χ1) is 8.69. The van der Waals surface area contributed by atoms with Gasteiger partial charge in [-0.2, -0.15) is 5.26 Å². The van der Waals surface area contributed by atoms with E-state index in [0.29, 0.717) is 5.69 Å². The predicted molar refractivity (Wildman–Crippen MR) is 72.4 cm³/mol. The van der Waals surface area contributed by atoms with E-state index in [2.05, 4.69) is 21.8 Å². The van der Waals surface area contributed by atoms with E-state index in [0.717, 1.165) is 35.8 Å². The van der Waals surface area contributed by atoms with Gasteiger partial charge in [-0.25, -0.2) is 4.98 Å². The highest BCUT2D eigenvalue weighted by Gasteiger charge is 2.02. The van der Waals surface area contributed by atoms with Crippen LogP contribution in [0.1, 0.15) is 22.0 Å². The van der Waals surface area contributed by atoms with E-state index in [9.17, 15) is 0 Å². The number of aryl methyl sites for hydroxylation is 2. The second-order valence-electron chi connectivity index (χ2n) is 4.24. The average molecular weight is 260 g/mol. The van der Waals surface area contributed by atoms with Gasteiger partial charge in [0.2, 0.25) is 0 Å². The van der Waals surface area contributed by atoms with Crippen molar-refractivity contribution in [2.75, 3.05) is 6.54 Å². The van der Waals surface area contributed by atoms with E-state index in [4.69, 9.17) is 5.26 Å². The van der Waals surface area contributed by atoms with Gasteiger partial charge in [-0.1, -0.05) is 0 Å². The first kappa shape index (κ1) is 12.8. The molecule has 1 N–H and O–H groups in total. The first-order valence-electron chi connectivity index (χ1n) is 5.86. The fraction of sp³-hybridized carbons (Fsp3) is 0.385. The van der Waals surface area contributed by atoms with Gasteiger partial charge in [-0.15, -0.1) is 11.3 Å². The van der Waals surface area contributed by atoms with E-state index in [1.54, 1.807) is 11.3 Å². The minimum Gasteiger partial charge on any atom is -0.342 e. The summed E-state index contributed by atoms with van der Waals surface area (Å²) in [4.78, 5) is 4.42. The lowest BCUT2D eigenvalue weighted by Gasteiger charge is -2.01. The third-order valence-electron chi connectivity index (χ3n) is 2.73. The second kappa shape index (κ2) is 5.80. The molecule has 2 aromatic heterocycles. The van der Waals surface area contributed by atoms with Crippen LogP contribution in [0.5, 0.6) is 0 Å². The number of rotatable bonds is 5. The molecule has 94 valence electrons. The van der Waals surface area contributed by atoms with Gasteiger partial charge in [0.05, 0.1) is 10.7 Å². The number of hydrogen-bond acceptors (Lipinski definition) is 4. The van der Waals surface area contributed by atoms with Crippen LogP contribution in [0.2, 0.25) is 0 Å². The normalized spacial score (nSPS) is 10.5. The Kier molecular flexibility index (Phi) is 4.13. The highest BCUT2D eigenvalue weighted by atomic mass is 32.1. The summed E-state index contributed by atoms with van der Waals surface area (Å²) in [6.45, 7) is 3.72. The van der Waals surface area contributed by atoms with E-state index >= 15 is 0 Å². The molecule has 0 bridgehead atoms. The molecule has 0 spiro atoms. The summed E-state index contributed by atoms with van der Waals surface area (Å²) in [6, 6.07) is 4.08. The number of nitrogens with zero attached hydrogens (tertiary/aromatic N) is 3. The van der Waals surface area contributed by atoms with Crippen LogP contribution in [0.4, 0.5) is 0 Å². The Bertz CT molecular complexity index is 562. The number of hydrogen-bond donors (Lipinski definition) is 1. The lowest BCUT2D eigenvalue weighted by atomic mass is 10.3. The fourth-order valence-electron chi connectivity index (χ4n) is 1.81. The van der Waals surface area contributed by atoms with E-state index in [1.165, 1.54) is 0 Å². The second-order valence-corrected chi connectivity index (χ2v) is 5.30. The highest BCUT2D eigenvalue weighted by Crippen LogP contribution is 2.08. The molecule has 2 rings (SSSR count). The van der Waals surface area contributed by atoms with E-state index in [1.807, 2.05) is 30.8 Å². The Balaban J connectivity index is 1.77. The van der Waals surface area contributed by atoms with Crippen LogP contribution in [0.3, 0.4) is 0 Å². The van der Waals surface area contributed by atoms with Crippen molar-refractivity contribution in [3.05, 3.63) is 39.6 Å². The SMILES string of the molecule is Cc1nc(CCNCc2cc(C#N)n(C)c2)cs1. The van der Waals surface area contributed by atoms with Gasteiger partial charge in [-0.05, 0) is 18.6 Å². The molecule has 0 fully saturated rings. The van der Waals surface area contributed by atoms with Crippen molar-refractivity contribution in [2.45, 2.75) is 19.9 Å². The summed E-state index contributed by atoms with van der Waals surface area (Å²) < 4.78 is 1.85. The molecule has 0 aromatic carbocycles. The van der Waals surface area contributed by atoms with Crippen molar-refractivity contribution in [3.63, 3.8) is 0 Å². The summed E-state index contributed by atoms with van der Waals surface area (Å²) in [5.41, 5.74) is 2.99. The fourth-order valence-corrected chi connectivity index (χ4v) is 2.46. The highest BCUT2D eigenvalue weighted by molar-refractivity contribution is 7.09. The van der Waals surface area contributed by atoms with Crippen LogP contribution in [-0.4, -0.2) is 16.1 Å². The molecule has 0 unspecified atom stereocenters. The van der Waals surface area contributed by atoms with Gasteiger partial charge >= 0.3 is 0 Å². The van der Waals surface area contributed by atoms with Gasteiger partial charge in [0.25, 0.3) is 0 Å². The standard InChI is InChI=1S/C13H16N4S/c1-10-16-12(9-18-10)3-4-15-7-11-5-13(6-14)17(2)8-11/h5,8-9,15H,3-4,7H2,1-2H3. The number of aromatic nitrogens is 2. The maximum atomic E-state index is 8.86. The molecule has 0 aliphatic carbocycles. The van der Waals surface area contributed by atoms with Crippen molar-refractivity contribution >= 4 is 11.3 Å². The van der Waals surface area contributed by atoms with Gasteiger partial charge in [-0.3, -0.25) is 0 Å². The average Bonchev–Trinajstić information content (AvgIpc) is 2.91. The molecule has 0 aliphatic heterocycles. The lowest BCUT2D eigenvalue weighted by molar-refractivity contribution is 0.680. The van der Waals surface area contributed by atoms with Crippen LogP contribution in [0.15, 0.2) is 17.6 Å². The molecule has 0 aliphatic rings. The summed E-state index contributed by atoms with van der Waals surface area (Å²) >= 11 is 1.69. The van der Waals surface area contributed by atoms with Gasteiger partial charge in [0, 0.05) is 38.1 Å². The summed E-state index contributed by atoms with van der Waals surface area (Å²) in [5, 5.41) is 15.4. The zero-order valence-corrected chi connectivity index (χ0v) is 11.4. The summed E-state index contributed by atoms with van der Waals surface area (Å²) in [5.74, 6) is 0. The third kappa shape index (κ3) is 3.19. The molecule has 5 heteroatoms. The van der Waals surface area contributed by atoms with Crippen molar-refractivity contribution in [1.29, 1.82) is 5.26 Å². The molecule has 4 nitrogen and oxygen atoms in total. The predicted octanol–water partition coefficient (Wildman–Crippen LogP) is 1.99. The van der Waals surface area contributed by atoms with Crippen LogP contribution in [0.25, 0.3) is 0 Å². The monoisotopic (exact) mass is 260 g/mol. The van der Waals surface area contributed by atoms with Crippen LogP contribution in [-0.2, 0) is 20.0 Å². The van der Waals surface area contributed by atoms with Crippen LogP contribution >= 0.6 is 11.3 Å². The lowest BCUT2D eigenvalue weighted by Crippen LogP contribution is -2.16. The number of nitrogens with one attached hydrogen (secondary N) is 1. The van der Waals surface area contributed by atoms with Crippen molar-refractivity contribution in [3.8, 4) is 6.07 Å². The van der Waals surface area contributed by atoms with Crippen molar-refractivity contribution in [2.24, 2.45) is 7.05 Å². The molecular weight excluding hydrogens is 244 g/mol. The Morgan fingerprint density at radius 3 is 3.00 bits per heavy atom. The zero-order valence-electron chi connectivity index (χ0n) is 10.6. The Morgan fingerprint density at radius 2 is 2.39 bits per heavy atom. The van der Waals surface area contributed by atoms with Crippen molar-refractivity contribution in [1.82, 2.24) is 14.9 Å². The number of nitriles is 1. The molecule has 2 aromatic rings. The maximum absolute atomic E-state index is 8.86. The molecule has 18 heavy (non-hydrogen) atoms. The van der Waals surface area contributed by atoms with Crippen LogP contribution < -0.4 is 5.32 Å². The Hall–Kier alpha value is -1.64. The topological polar surface area (TPSA) is 53.6 Å². The first-order valence-corrected chi connectivity index (χ1v) is 6.74. The molecule has 0 radical (unpaired) electrons. The van der Waals surface area contributed by atoms with Crippen LogP contribution in [0, 0.1) is 18.3 Å². The van der Waals surface area contributed by atoms with Gasteiger partial charge in [0.15, 0.2) is 0 Å². The molecule has 2 heterocycles. The number of thiazole rings is 1. The maximum Gasteiger partial charge on any atom is 0.120 e. The van der Waals surface area contributed by atoms with Gasteiger partial charge < -0.3 is 9.88 Å². The molecule has 0 atom stereocenters. The van der Waals surface area contributed by atoms with E-state index in [-0.39, 0.29) is 0 Å². The minimum atomic E-state index is 0.696. The quantitative estimate of drug-likeness (QED) is 0.837. The van der Waals surface area contributed by atoms with Crippen molar-refractivity contribution < 1.29 is 0 Å². The molecule has 0 saturated heterocycles. The summed E-state index contributed by atoms with van der Waals surface area (Å²) in [6.07, 6.45) is 2.93.